The number of rotatable bonds is 3. The van der Waals surface area contributed by atoms with Gasteiger partial charge in [-0.2, -0.15) is 5.10 Å². The maximum Gasteiger partial charge on any atom is 0.340 e. The highest BCUT2D eigenvalue weighted by Crippen LogP contribution is 2.28. The molecular weight excluding hydrogens is 302 g/mol. The molecule has 2 aromatic rings. The first-order chi connectivity index (χ1) is 10.6. The summed E-state index contributed by atoms with van der Waals surface area (Å²) in [6.45, 7) is 5.42. The van der Waals surface area contributed by atoms with Gasteiger partial charge in [0.2, 0.25) is 0 Å². The molecule has 0 bridgehead atoms. The molecule has 1 unspecified atom stereocenters. The molecule has 1 atom stereocenters. The van der Waals surface area contributed by atoms with E-state index < -0.39 is 0 Å². The molecule has 1 fully saturated rings. The molecule has 8 heteroatoms. The highest BCUT2D eigenvalue weighted by atomic mass is 32.1. The molecule has 0 radical (unpaired) electrons. The molecule has 1 aliphatic rings. The fourth-order valence-corrected chi connectivity index (χ4v) is 3.63. The van der Waals surface area contributed by atoms with E-state index in [1.165, 1.54) is 11.3 Å². The predicted molar refractivity (Wildman–Crippen MR) is 83.3 cm³/mol. The number of nitrogens with one attached hydrogen (secondary N) is 2. The average molecular weight is 321 g/mol. The van der Waals surface area contributed by atoms with Crippen molar-refractivity contribution in [2.45, 2.75) is 38.5 Å². The van der Waals surface area contributed by atoms with E-state index in [1.54, 1.807) is 5.51 Å². The topological polar surface area (TPSA) is 94.7 Å². The van der Waals surface area contributed by atoms with E-state index >= 15 is 0 Å². The van der Waals surface area contributed by atoms with Gasteiger partial charge >= 0.3 is 5.69 Å². The zero-order valence-electron chi connectivity index (χ0n) is 12.6. The summed E-state index contributed by atoms with van der Waals surface area (Å²) in [7, 11) is 0. The lowest BCUT2D eigenvalue weighted by molar-refractivity contribution is 0.0698. The second kappa shape index (κ2) is 6.04. The Morgan fingerprint density at radius 3 is 3.00 bits per heavy atom. The van der Waals surface area contributed by atoms with Crippen molar-refractivity contribution in [3.63, 3.8) is 0 Å². The van der Waals surface area contributed by atoms with Gasteiger partial charge in [-0.15, -0.1) is 11.3 Å². The van der Waals surface area contributed by atoms with Crippen molar-refractivity contribution < 1.29 is 4.79 Å². The second-order valence-electron chi connectivity index (χ2n) is 5.87. The molecule has 1 aliphatic heterocycles. The highest BCUT2D eigenvalue weighted by Gasteiger charge is 2.29. The Morgan fingerprint density at radius 2 is 2.32 bits per heavy atom. The van der Waals surface area contributed by atoms with Crippen molar-refractivity contribution in [2.24, 2.45) is 0 Å². The Labute approximate surface area is 131 Å². The molecule has 0 aromatic carbocycles. The number of thiazole rings is 1. The third-order valence-electron chi connectivity index (χ3n) is 3.94. The molecule has 2 N–H and O–H groups in total. The maximum absolute atomic E-state index is 12.7. The minimum absolute atomic E-state index is 0.0208. The van der Waals surface area contributed by atoms with Crippen molar-refractivity contribution in [3.8, 4) is 0 Å². The van der Waals surface area contributed by atoms with Crippen LogP contribution in [0.2, 0.25) is 0 Å². The first-order valence-electron chi connectivity index (χ1n) is 7.43. The summed E-state index contributed by atoms with van der Waals surface area (Å²) in [6, 6.07) is 0. The number of hydrogen-bond acceptors (Lipinski definition) is 5. The zero-order chi connectivity index (χ0) is 15.7. The normalized spacial score (nSPS) is 18.9. The summed E-state index contributed by atoms with van der Waals surface area (Å²) in [4.78, 5) is 33.7. The van der Waals surface area contributed by atoms with Crippen LogP contribution in [0.3, 0.4) is 0 Å². The highest BCUT2D eigenvalue weighted by molar-refractivity contribution is 7.10. The number of aromatic nitrogens is 4. The van der Waals surface area contributed by atoms with Gasteiger partial charge in [0.1, 0.15) is 11.5 Å². The van der Waals surface area contributed by atoms with Crippen LogP contribution >= 0.6 is 11.3 Å². The molecule has 0 spiro atoms. The third kappa shape index (κ3) is 2.83. The summed E-state index contributed by atoms with van der Waals surface area (Å²) in [5.41, 5.74) is 1.99. The van der Waals surface area contributed by atoms with E-state index in [1.807, 2.05) is 4.90 Å². The van der Waals surface area contributed by atoms with E-state index in [9.17, 15) is 9.59 Å². The molecule has 3 rings (SSSR count). The molecular formula is C14H19N5O2S. The number of carbonyl (C=O) groups is 1. The molecule has 1 saturated heterocycles. The van der Waals surface area contributed by atoms with Crippen LogP contribution in [0, 0.1) is 0 Å². The average Bonchev–Trinajstić information content (AvgIpc) is 3.15. The molecule has 0 aliphatic carbocycles. The van der Waals surface area contributed by atoms with Gasteiger partial charge < -0.3 is 4.90 Å². The lowest BCUT2D eigenvalue weighted by atomic mass is 9.97. The monoisotopic (exact) mass is 321 g/mol. The maximum atomic E-state index is 12.7. The lowest BCUT2D eigenvalue weighted by Crippen LogP contribution is -2.40. The molecule has 2 aromatic heterocycles. The van der Waals surface area contributed by atoms with Gasteiger partial charge in [-0.3, -0.25) is 9.78 Å². The molecule has 7 nitrogen and oxygen atoms in total. The SMILES string of the molecule is CC(C)c1scnc1C(=O)N1CCCC(c2n[nH]c(=O)[nH]2)C1. The van der Waals surface area contributed by atoms with Crippen LogP contribution in [0.5, 0.6) is 0 Å². The Balaban J connectivity index is 1.78. The van der Waals surface area contributed by atoms with Crippen LogP contribution in [-0.4, -0.2) is 44.1 Å². The van der Waals surface area contributed by atoms with Gasteiger partial charge in [-0.05, 0) is 18.8 Å². The van der Waals surface area contributed by atoms with Crippen molar-refractivity contribution in [2.75, 3.05) is 13.1 Å². The summed E-state index contributed by atoms with van der Waals surface area (Å²) in [6.07, 6.45) is 1.81. The fourth-order valence-electron chi connectivity index (χ4n) is 2.84. The Bertz CT molecular complexity index is 717. The van der Waals surface area contributed by atoms with Gasteiger partial charge in [-0.1, -0.05) is 13.8 Å². The van der Waals surface area contributed by atoms with E-state index in [-0.39, 0.29) is 23.4 Å². The number of likely N-dealkylation sites (tertiary alicyclic amines) is 1. The molecule has 22 heavy (non-hydrogen) atoms. The summed E-state index contributed by atoms with van der Waals surface area (Å²) in [5.74, 6) is 0.963. The Hall–Kier alpha value is -1.96. The third-order valence-corrected chi connectivity index (χ3v) is 5.07. The van der Waals surface area contributed by atoms with Crippen molar-refractivity contribution in [1.29, 1.82) is 0 Å². The van der Waals surface area contributed by atoms with Crippen LogP contribution in [0.4, 0.5) is 0 Å². The van der Waals surface area contributed by atoms with Crippen molar-refractivity contribution in [1.82, 2.24) is 25.1 Å². The number of nitrogens with zero attached hydrogens (tertiary/aromatic N) is 3. The Kier molecular flexibility index (Phi) is 4.10. The van der Waals surface area contributed by atoms with Gasteiger partial charge in [-0.25, -0.2) is 14.9 Å². The standard InChI is InChI=1S/C14H19N5O2S/c1-8(2)11-10(15-7-22-11)13(20)19-5-3-4-9(6-19)12-16-14(21)18-17-12/h7-9H,3-6H2,1-2H3,(H2,16,17,18,21). The smallest absolute Gasteiger partial charge is 0.337 e. The number of hydrogen-bond donors (Lipinski definition) is 2. The van der Waals surface area contributed by atoms with Crippen molar-refractivity contribution in [3.05, 3.63) is 32.4 Å². The second-order valence-corrected chi connectivity index (χ2v) is 6.76. The van der Waals surface area contributed by atoms with E-state index in [2.05, 4.69) is 34.0 Å². The van der Waals surface area contributed by atoms with Crippen LogP contribution in [-0.2, 0) is 0 Å². The number of aromatic amines is 2. The van der Waals surface area contributed by atoms with Gasteiger partial charge in [0.25, 0.3) is 5.91 Å². The molecule has 0 saturated carbocycles. The minimum atomic E-state index is -0.306. The summed E-state index contributed by atoms with van der Waals surface area (Å²) >= 11 is 1.53. The van der Waals surface area contributed by atoms with Crippen molar-refractivity contribution >= 4 is 17.2 Å². The van der Waals surface area contributed by atoms with E-state index in [0.29, 0.717) is 18.1 Å². The van der Waals surface area contributed by atoms with E-state index in [0.717, 1.165) is 24.3 Å². The van der Waals surface area contributed by atoms with Crippen LogP contribution in [0.15, 0.2) is 10.3 Å². The first-order valence-corrected chi connectivity index (χ1v) is 8.31. The fraction of sp³-hybridized carbons (Fsp3) is 0.571. The van der Waals surface area contributed by atoms with Gasteiger partial charge in [0, 0.05) is 23.9 Å². The first kappa shape index (κ1) is 15.0. The summed E-state index contributed by atoms with van der Waals surface area (Å²) in [5, 5.41) is 6.38. The molecule has 1 amide bonds. The Morgan fingerprint density at radius 1 is 1.50 bits per heavy atom. The van der Waals surface area contributed by atoms with Gasteiger partial charge in [0.05, 0.1) is 5.51 Å². The quantitative estimate of drug-likeness (QED) is 0.899. The lowest BCUT2D eigenvalue weighted by Gasteiger charge is -2.31. The number of piperidine rings is 1. The van der Waals surface area contributed by atoms with Gasteiger partial charge in [0.15, 0.2) is 0 Å². The van der Waals surface area contributed by atoms with Crippen LogP contribution < -0.4 is 5.69 Å². The number of H-pyrrole nitrogens is 2. The molecule has 3 heterocycles. The number of carbonyl (C=O) groups excluding carboxylic acids is 1. The van der Waals surface area contributed by atoms with E-state index in [4.69, 9.17) is 0 Å². The van der Waals surface area contributed by atoms with Crippen LogP contribution in [0.1, 0.15) is 59.7 Å². The minimum Gasteiger partial charge on any atom is -0.337 e. The zero-order valence-corrected chi connectivity index (χ0v) is 13.4. The predicted octanol–water partition coefficient (Wildman–Crippen LogP) is 1.70. The van der Waals surface area contributed by atoms with Crippen LogP contribution in [0.25, 0.3) is 0 Å². The number of amides is 1. The largest absolute Gasteiger partial charge is 0.340 e. The summed E-state index contributed by atoms with van der Waals surface area (Å²) < 4.78 is 0. The molecule has 118 valence electrons.